The molecule has 3 aromatic rings. The fourth-order valence-electron chi connectivity index (χ4n) is 3.32. The Morgan fingerprint density at radius 3 is 2.64 bits per heavy atom. The predicted molar refractivity (Wildman–Crippen MR) is 101 cm³/mol. The molecule has 0 unspecified atom stereocenters. The topological polar surface area (TPSA) is 63.0 Å². The number of pyridine rings is 1. The summed E-state index contributed by atoms with van der Waals surface area (Å²) in [5, 5.41) is 0. The van der Waals surface area contributed by atoms with Crippen molar-refractivity contribution in [1.29, 1.82) is 0 Å². The van der Waals surface area contributed by atoms with E-state index in [1.54, 1.807) is 12.4 Å². The number of halogens is 2. The first-order valence-electron chi connectivity index (χ1n) is 9.13. The van der Waals surface area contributed by atoms with Crippen LogP contribution in [0.1, 0.15) is 18.1 Å². The molecule has 28 heavy (non-hydrogen) atoms. The van der Waals surface area contributed by atoms with Gasteiger partial charge in [0.05, 0.1) is 6.54 Å². The monoisotopic (exact) mass is 385 g/mol. The van der Waals surface area contributed by atoms with Gasteiger partial charge in [0.15, 0.2) is 5.82 Å². The van der Waals surface area contributed by atoms with Crippen LogP contribution in [0.3, 0.4) is 0 Å². The Balaban J connectivity index is 1.44. The Morgan fingerprint density at radius 2 is 1.93 bits per heavy atom. The molecule has 0 atom stereocenters. The van der Waals surface area contributed by atoms with Gasteiger partial charge < -0.3 is 4.90 Å². The van der Waals surface area contributed by atoms with E-state index in [1.165, 1.54) is 12.4 Å². The molecule has 1 fully saturated rings. The summed E-state index contributed by atoms with van der Waals surface area (Å²) in [6.45, 7) is 2.83. The number of hydrogen-bond acceptors (Lipinski definition) is 6. The number of imidazole rings is 1. The van der Waals surface area contributed by atoms with Crippen molar-refractivity contribution in [2.45, 2.75) is 20.0 Å². The highest BCUT2D eigenvalue weighted by Gasteiger charge is 2.21. The lowest BCUT2D eigenvalue weighted by Gasteiger charge is -2.35. The highest BCUT2D eigenvalue weighted by Crippen LogP contribution is 2.21. The third kappa shape index (κ3) is 3.99. The largest absolute Gasteiger partial charge is 0.354 e. The highest BCUT2D eigenvalue weighted by atomic mass is 19.3. The molecule has 0 spiro atoms. The van der Waals surface area contributed by atoms with Crippen molar-refractivity contribution in [2.75, 3.05) is 31.1 Å². The molecule has 3 aromatic heterocycles. The molecule has 0 radical (unpaired) electrons. The lowest BCUT2D eigenvalue weighted by atomic mass is 10.2. The smallest absolute Gasteiger partial charge is 0.319 e. The number of nitrogens with zero attached hydrogens (tertiary/aromatic N) is 7. The average Bonchev–Trinajstić information content (AvgIpc) is 3.17. The maximum Gasteiger partial charge on any atom is 0.319 e. The van der Waals surface area contributed by atoms with E-state index < -0.39 is 6.55 Å². The SMILES string of the molecule is Cc1cc(N2CCN(Cc3nccn3C(F)F)CC2)nc(-c2cccnc2)n1. The van der Waals surface area contributed by atoms with Crippen molar-refractivity contribution >= 4 is 5.82 Å². The van der Waals surface area contributed by atoms with Crippen molar-refractivity contribution in [2.24, 2.45) is 0 Å². The average molecular weight is 385 g/mol. The molecule has 0 aromatic carbocycles. The van der Waals surface area contributed by atoms with E-state index in [0.29, 0.717) is 18.2 Å². The molecular formula is C19H21F2N7. The quantitative estimate of drug-likeness (QED) is 0.673. The number of rotatable bonds is 5. The third-order valence-corrected chi connectivity index (χ3v) is 4.78. The van der Waals surface area contributed by atoms with Crippen molar-refractivity contribution in [3.63, 3.8) is 0 Å². The number of aryl methyl sites for hydroxylation is 1. The van der Waals surface area contributed by atoms with E-state index >= 15 is 0 Å². The second-order valence-electron chi connectivity index (χ2n) is 6.72. The summed E-state index contributed by atoms with van der Waals surface area (Å²) in [5.41, 5.74) is 1.77. The fourth-order valence-corrected chi connectivity index (χ4v) is 3.32. The first-order chi connectivity index (χ1) is 13.6. The number of piperazine rings is 1. The molecule has 1 saturated heterocycles. The summed E-state index contributed by atoms with van der Waals surface area (Å²) < 4.78 is 26.9. The van der Waals surface area contributed by atoms with Crippen LogP contribution in [0.15, 0.2) is 43.0 Å². The zero-order chi connectivity index (χ0) is 19.5. The molecule has 4 heterocycles. The molecule has 9 heteroatoms. The van der Waals surface area contributed by atoms with Gasteiger partial charge in [0.25, 0.3) is 0 Å². The van der Waals surface area contributed by atoms with Gasteiger partial charge >= 0.3 is 6.55 Å². The second kappa shape index (κ2) is 7.97. The number of hydrogen-bond donors (Lipinski definition) is 0. The van der Waals surface area contributed by atoms with Gasteiger partial charge in [-0.05, 0) is 19.1 Å². The van der Waals surface area contributed by atoms with E-state index in [9.17, 15) is 8.78 Å². The highest BCUT2D eigenvalue weighted by molar-refractivity contribution is 5.56. The first kappa shape index (κ1) is 18.4. The maximum absolute atomic E-state index is 13.0. The van der Waals surface area contributed by atoms with Crippen LogP contribution in [-0.4, -0.2) is 55.6 Å². The van der Waals surface area contributed by atoms with Crippen molar-refractivity contribution in [3.05, 3.63) is 54.5 Å². The van der Waals surface area contributed by atoms with E-state index in [-0.39, 0.29) is 0 Å². The second-order valence-corrected chi connectivity index (χ2v) is 6.72. The standard InChI is InChI=1S/C19H21F2N7/c1-14-11-16(25-18(24-14)15-3-2-4-22-12-15)27-9-7-26(8-10-27)13-17-23-5-6-28(17)19(20)21/h2-6,11-12,19H,7-10,13H2,1H3. The normalized spacial score (nSPS) is 15.4. The summed E-state index contributed by atoms with van der Waals surface area (Å²) in [7, 11) is 0. The third-order valence-electron chi connectivity index (χ3n) is 4.78. The molecule has 1 aliphatic rings. The van der Waals surface area contributed by atoms with Gasteiger partial charge in [-0.25, -0.2) is 15.0 Å². The van der Waals surface area contributed by atoms with Crippen LogP contribution in [0.4, 0.5) is 14.6 Å². The lowest BCUT2D eigenvalue weighted by molar-refractivity contribution is 0.0637. The Hall–Kier alpha value is -2.94. The summed E-state index contributed by atoms with van der Waals surface area (Å²) in [5.74, 6) is 1.92. The van der Waals surface area contributed by atoms with E-state index in [1.807, 2.05) is 25.1 Å². The maximum atomic E-state index is 13.0. The Labute approximate surface area is 161 Å². The molecule has 4 rings (SSSR count). The van der Waals surface area contributed by atoms with Crippen molar-refractivity contribution in [3.8, 4) is 11.4 Å². The minimum absolute atomic E-state index is 0.389. The minimum Gasteiger partial charge on any atom is -0.354 e. The number of anilines is 1. The molecular weight excluding hydrogens is 364 g/mol. The van der Waals surface area contributed by atoms with E-state index in [4.69, 9.17) is 4.98 Å². The molecule has 0 amide bonds. The number of aromatic nitrogens is 5. The molecule has 7 nitrogen and oxygen atoms in total. The Morgan fingerprint density at radius 1 is 1.11 bits per heavy atom. The number of alkyl halides is 2. The van der Waals surface area contributed by atoms with Gasteiger partial charge in [-0.1, -0.05) is 0 Å². The molecule has 146 valence electrons. The van der Waals surface area contributed by atoms with Gasteiger partial charge in [0, 0.05) is 68.3 Å². The van der Waals surface area contributed by atoms with E-state index in [0.717, 1.165) is 47.8 Å². The van der Waals surface area contributed by atoms with Crippen LogP contribution in [0.25, 0.3) is 11.4 Å². The van der Waals surface area contributed by atoms with Gasteiger partial charge in [-0.3, -0.25) is 14.5 Å². The Kier molecular flexibility index (Phi) is 5.25. The molecule has 0 bridgehead atoms. The van der Waals surface area contributed by atoms with Crippen LogP contribution >= 0.6 is 0 Å². The van der Waals surface area contributed by atoms with Gasteiger partial charge in [0.1, 0.15) is 11.6 Å². The zero-order valence-corrected chi connectivity index (χ0v) is 15.5. The lowest BCUT2D eigenvalue weighted by Crippen LogP contribution is -2.46. The minimum atomic E-state index is -2.56. The summed E-state index contributed by atoms with van der Waals surface area (Å²) in [6, 6.07) is 5.77. The summed E-state index contributed by atoms with van der Waals surface area (Å²) in [6.07, 6.45) is 6.21. The summed E-state index contributed by atoms with van der Waals surface area (Å²) >= 11 is 0. The molecule has 1 aliphatic heterocycles. The van der Waals surface area contributed by atoms with Gasteiger partial charge in [-0.15, -0.1) is 0 Å². The van der Waals surface area contributed by atoms with Crippen LogP contribution in [0, 0.1) is 6.92 Å². The van der Waals surface area contributed by atoms with Crippen LogP contribution < -0.4 is 4.90 Å². The fraction of sp³-hybridized carbons (Fsp3) is 0.368. The van der Waals surface area contributed by atoms with Gasteiger partial charge in [0.2, 0.25) is 0 Å². The van der Waals surface area contributed by atoms with Gasteiger partial charge in [-0.2, -0.15) is 8.78 Å². The Bertz CT molecular complexity index is 921. The molecule has 0 saturated carbocycles. The van der Waals surface area contributed by atoms with Crippen LogP contribution in [0.5, 0.6) is 0 Å². The van der Waals surface area contributed by atoms with Crippen LogP contribution in [-0.2, 0) is 6.54 Å². The zero-order valence-electron chi connectivity index (χ0n) is 15.5. The van der Waals surface area contributed by atoms with Crippen molar-refractivity contribution < 1.29 is 8.78 Å². The summed E-state index contributed by atoms with van der Waals surface area (Å²) in [4.78, 5) is 21.8. The predicted octanol–water partition coefficient (Wildman–Crippen LogP) is 2.76. The van der Waals surface area contributed by atoms with Crippen molar-refractivity contribution in [1.82, 2.24) is 29.4 Å². The van der Waals surface area contributed by atoms with E-state index in [2.05, 4.69) is 24.8 Å². The molecule has 0 N–H and O–H groups in total. The first-order valence-corrected chi connectivity index (χ1v) is 9.13. The van der Waals surface area contributed by atoms with Crippen LogP contribution in [0.2, 0.25) is 0 Å². The molecule has 0 aliphatic carbocycles.